The van der Waals surface area contributed by atoms with Crippen LogP contribution in [0.1, 0.15) is 0 Å². The van der Waals surface area contributed by atoms with Gasteiger partial charge >= 0.3 is 6.03 Å². The molecule has 0 bridgehead atoms. The Labute approximate surface area is 264 Å². The summed E-state index contributed by atoms with van der Waals surface area (Å²) in [4.78, 5) is 29.5. The predicted molar refractivity (Wildman–Crippen MR) is 179 cm³/mol. The fourth-order valence-electron chi connectivity index (χ4n) is 5.32. The van der Waals surface area contributed by atoms with Crippen LogP contribution >= 0.6 is 11.6 Å². The monoisotopic (exact) mass is 616 g/mol. The number of carbonyl (C=O) groups is 1. The molecule has 11 heteroatoms. The van der Waals surface area contributed by atoms with Crippen molar-refractivity contribution in [3.63, 3.8) is 0 Å². The normalized spacial score (nSPS) is 13.0. The fourth-order valence-corrected chi connectivity index (χ4v) is 5.50. The Balaban J connectivity index is 1.18. The SMILES string of the molecule is O=C(Nc1cccc(-c2nc3ccccn3c2-c2ccnc(Nc3cccc(N4CCOCC4)c3)n2)c1)Nc1ccccc1Cl. The van der Waals surface area contributed by atoms with E-state index in [-0.39, 0.29) is 0 Å². The van der Waals surface area contributed by atoms with Crippen LogP contribution < -0.4 is 20.9 Å². The first kappa shape index (κ1) is 28.3. The van der Waals surface area contributed by atoms with Crippen LogP contribution in [0.25, 0.3) is 28.3 Å². The summed E-state index contributed by atoms with van der Waals surface area (Å²) in [6.45, 7) is 3.16. The number of nitrogens with zero attached hydrogens (tertiary/aromatic N) is 5. The molecule has 0 radical (unpaired) electrons. The number of imidazole rings is 1. The Morgan fingerprint density at radius 2 is 1.64 bits per heavy atom. The lowest BCUT2D eigenvalue weighted by atomic mass is 10.1. The molecule has 45 heavy (non-hydrogen) atoms. The second-order valence-corrected chi connectivity index (χ2v) is 10.8. The van der Waals surface area contributed by atoms with Crippen molar-refractivity contribution >= 4 is 52.0 Å². The number of urea groups is 1. The maximum Gasteiger partial charge on any atom is 0.323 e. The van der Waals surface area contributed by atoms with E-state index in [2.05, 4.69) is 38.0 Å². The Morgan fingerprint density at radius 1 is 0.822 bits per heavy atom. The van der Waals surface area contributed by atoms with Gasteiger partial charge in [-0.05, 0) is 60.7 Å². The second kappa shape index (κ2) is 12.7. The number of rotatable bonds is 7. The van der Waals surface area contributed by atoms with Crippen molar-refractivity contribution in [3.05, 3.63) is 114 Å². The van der Waals surface area contributed by atoms with Crippen LogP contribution in [0.15, 0.2) is 109 Å². The fraction of sp³-hybridized carbons (Fsp3) is 0.118. The van der Waals surface area contributed by atoms with Crippen molar-refractivity contribution in [2.45, 2.75) is 0 Å². The number of benzene rings is 3. The van der Waals surface area contributed by atoms with Crippen LogP contribution in [-0.2, 0) is 4.74 Å². The van der Waals surface area contributed by atoms with Gasteiger partial charge in [-0.3, -0.25) is 4.40 Å². The van der Waals surface area contributed by atoms with Gasteiger partial charge in [-0.15, -0.1) is 0 Å². The summed E-state index contributed by atoms with van der Waals surface area (Å²) in [5, 5.41) is 9.52. The minimum atomic E-state index is -0.403. The van der Waals surface area contributed by atoms with Gasteiger partial charge in [-0.25, -0.2) is 19.7 Å². The summed E-state index contributed by atoms with van der Waals surface area (Å²) < 4.78 is 7.51. The first-order valence-corrected chi connectivity index (χ1v) is 14.9. The number of para-hydroxylation sites is 1. The quantitative estimate of drug-likeness (QED) is 0.172. The highest BCUT2D eigenvalue weighted by atomic mass is 35.5. The van der Waals surface area contributed by atoms with Crippen molar-refractivity contribution in [2.75, 3.05) is 47.2 Å². The third-order valence-corrected chi connectivity index (χ3v) is 7.75. The van der Waals surface area contributed by atoms with E-state index in [1.807, 2.05) is 83.4 Å². The van der Waals surface area contributed by atoms with Crippen molar-refractivity contribution in [1.82, 2.24) is 19.4 Å². The molecular weight excluding hydrogens is 588 g/mol. The van der Waals surface area contributed by atoms with Gasteiger partial charge in [-0.1, -0.05) is 48.0 Å². The Kier molecular flexibility index (Phi) is 7.96. The van der Waals surface area contributed by atoms with Crippen LogP contribution in [0.3, 0.4) is 0 Å². The van der Waals surface area contributed by atoms with E-state index in [0.717, 1.165) is 60.3 Å². The number of ether oxygens (including phenoxy) is 1. The largest absolute Gasteiger partial charge is 0.378 e. The van der Waals surface area contributed by atoms with E-state index >= 15 is 0 Å². The Morgan fingerprint density at radius 3 is 2.53 bits per heavy atom. The molecule has 10 nitrogen and oxygen atoms in total. The molecule has 3 aromatic heterocycles. The Bertz CT molecular complexity index is 1990. The van der Waals surface area contributed by atoms with Crippen molar-refractivity contribution < 1.29 is 9.53 Å². The number of hydrogen-bond acceptors (Lipinski definition) is 7. The number of aromatic nitrogens is 4. The summed E-state index contributed by atoms with van der Waals surface area (Å²) in [7, 11) is 0. The predicted octanol–water partition coefficient (Wildman–Crippen LogP) is 7.34. The molecule has 0 atom stereocenters. The summed E-state index contributed by atoms with van der Waals surface area (Å²) in [6.07, 6.45) is 3.70. The molecule has 6 aromatic rings. The van der Waals surface area contributed by atoms with E-state index in [1.165, 1.54) is 0 Å². The number of amides is 2. The van der Waals surface area contributed by atoms with Crippen LogP contribution in [0.4, 0.5) is 33.5 Å². The summed E-state index contributed by atoms with van der Waals surface area (Å²) in [6, 6.07) is 30.2. The van der Waals surface area contributed by atoms with Crippen LogP contribution in [-0.4, -0.2) is 51.7 Å². The topological polar surface area (TPSA) is 109 Å². The van der Waals surface area contributed by atoms with Crippen LogP contribution in [0, 0.1) is 0 Å². The second-order valence-electron chi connectivity index (χ2n) is 10.4. The molecule has 1 saturated heterocycles. The molecule has 0 saturated carbocycles. The zero-order valence-corrected chi connectivity index (χ0v) is 24.9. The minimum absolute atomic E-state index is 0.403. The molecule has 2 amide bonds. The third-order valence-electron chi connectivity index (χ3n) is 7.42. The van der Waals surface area contributed by atoms with E-state index in [4.69, 9.17) is 26.3 Å². The number of anilines is 5. The summed E-state index contributed by atoms with van der Waals surface area (Å²) >= 11 is 6.21. The highest BCUT2D eigenvalue weighted by Gasteiger charge is 2.19. The molecule has 1 aliphatic heterocycles. The van der Waals surface area contributed by atoms with Gasteiger partial charge in [-0.2, -0.15) is 0 Å². The summed E-state index contributed by atoms with van der Waals surface area (Å²) in [5.74, 6) is 0.468. The van der Waals surface area contributed by atoms with Gasteiger partial charge in [0.25, 0.3) is 0 Å². The molecule has 224 valence electrons. The first-order valence-electron chi connectivity index (χ1n) is 14.5. The molecule has 3 aromatic carbocycles. The number of fused-ring (bicyclic) bond motifs is 1. The average molecular weight is 617 g/mol. The van der Waals surface area contributed by atoms with Gasteiger partial charge in [0, 0.05) is 48.1 Å². The maximum atomic E-state index is 12.8. The number of carbonyl (C=O) groups excluding carboxylic acids is 1. The smallest absolute Gasteiger partial charge is 0.323 e. The van der Waals surface area contributed by atoms with E-state index in [0.29, 0.717) is 28.0 Å². The highest BCUT2D eigenvalue weighted by molar-refractivity contribution is 6.33. The molecule has 7 rings (SSSR count). The number of nitrogens with one attached hydrogen (secondary N) is 3. The lowest BCUT2D eigenvalue weighted by Crippen LogP contribution is -2.36. The number of hydrogen-bond donors (Lipinski definition) is 3. The zero-order valence-electron chi connectivity index (χ0n) is 24.2. The average Bonchev–Trinajstić information content (AvgIpc) is 3.47. The van der Waals surface area contributed by atoms with Gasteiger partial charge in [0.15, 0.2) is 0 Å². The van der Waals surface area contributed by atoms with Crippen LogP contribution in [0.2, 0.25) is 5.02 Å². The summed E-state index contributed by atoms with van der Waals surface area (Å²) in [5.41, 5.74) is 6.94. The molecule has 0 unspecified atom stereocenters. The first-order chi connectivity index (χ1) is 22.1. The molecule has 1 aliphatic rings. The lowest BCUT2D eigenvalue weighted by molar-refractivity contribution is 0.122. The van der Waals surface area contributed by atoms with Crippen molar-refractivity contribution in [3.8, 4) is 22.6 Å². The number of morpholine rings is 1. The maximum absolute atomic E-state index is 12.8. The third kappa shape index (κ3) is 6.28. The molecule has 3 N–H and O–H groups in total. The van der Waals surface area contributed by atoms with Crippen molar-refractivity contribution in [2.24, 2.45) is 0 Å². The molecule has 4 heterocycles. The zero-order chi connectivity index (χ0) is 30.6. The van der Waals surface area contributed by atoms with E-state index < -0.39 is 6.03 Å². The molecular formula is C34H29ClN8O2. The molecule has 0 aliphatic carbocycles. The number of halogens is 1. The molecule has 1 fully saturated rings. The van der Waals surface area contributed by atoms with E-state index in [9.17, 15) is 4.79 Å². The van der Waals surface area contributed by atoms with Gasteiger partial charge < -0.3 is 25.6 Å². The van der Waals surface area contributed by atoms with Crippen molar-refractivity contribution in [1.29, 1.82) is 0 Å². The number of pyridine rings is 1. The lowest BCUT2D eigenvalue weighted by Gasteiger charge is -2.29. The molecule has 0 spiro atoms. The van der Waals surface area contributed by atoms with E-state index in [1.54, 1.807) is 18.3 Å². The standard InChI is InChI=1S/C34H29ClN8O2/c35-27-11-1-2-12-28(27)40-34(44)38-24-8-5-7-23(21-24)31-32(43-16-4-3-13-30(43)41-31)29-14-15-36-33(39-29)37-25-9-6-10-26(22-25)42-17-19-45-20-18-42/h1-16,21-22H,17-20H2,(H,36,37,39)(H2,38,40,44). The highest BCUT2D eigenvalue weighted by Crippen LogP contribution is 2.34. The Hall–Kier alpha value is -5.45. The van der Waals surface area contributed by atoms with Gasteiger partial charge in [0.2, 0.25) is 5.95 Å². The van der Waals surface area contributed by atoms with Gasteiger partial charge in [0.05, 0.1) is 41.0 Å². The minimum Gasteiger partial charge on any atom is -0.378 e. The van der Waals surface area contributed by atoms with Gasteiger partial charge in [0.1, 0.15) is 5.65 Å². The van der Waals surface area contributed by atoms with Crippen LogP contribution in [0.5, 0.6) is 0 Å².